The largest absolute Gasteiger partial charge is 0.330 e. The first-order chi connectivity index (χ1) is 8.93. The summed E-state index contributed by atoms with van der Waals surface area (Å²) in [5, 5.41) is 0. The molecule has 104 valence electrons. The summed E-state index contributed by atoms with van der Waals surface area (Å²) < 4.78 is 16.4. The number of aryl methyl sites for hydroxylation is 1. The molecule has 2 atom stereocenters. The fraction of sp³-hybridized carbons (Fsp3) is 0.533. The highest BCUT2D eigenvalue weighted by atomic mass is 32.1. The van der Waals surface area contributed by atoms with Gasteiger partial charge < -0.3 is 9.55 Å². The van der Waals surface area contributed by atoms with E-state index in [0.717, 1.165) is 23.9 Å². The lowest BCUT2D eigenvalue weighted by molar-refractivity contribution is 0.402. The van der Waals surface area contributed by atoms with Crippen molar-refractivity contribution in [1.29, 1.82) is 0 Å². The van der Waals surface area contributed by atoms with Gasteiger partial charge in [0.1, 0.15) is 5.82 Å². The van der Waals surface area contributed by atoms with E-state index in [1.165, 1.54) is 6.07 Å². The molecule has 1 aromatic carbocycles. The number of hydrogen-bond acceptors (Lipinski definition) is 1. The first kappa shape index (κ1) is 14.3. The van der Waals surface area contributed by atoms with Gasteiger partial charge in [-0.05, 0) is 56.1 Å². The van der Waals surface area contributed by atoms with Crippen molar-refractivity contribution < 1.29 is 4.39 Å². The molecule has 0 aliphatic carbocycles. The Morgan fingerprint density at radius 1 is 1.37 bits per heavy atom. The predicted molar refractivity (Wildman–Crippen MR) is 80.6 cm³/mol. The lowest BCUT2D eigenvalue weighted by Gasteiger charge is -2.18. The zero-order chi connectivity index (χ0) is 14.2. The quantitative estimate of drug-likeness (QED) is 0.769. The second kappa shape index (κ2) is 5.45. The van der Waals surface area contributed by atoms with Gasteiger partial charge in [0.2, 0.25) is 0 Å². The Labute approximate surface area is 118 Å². The van der Waals surface area contributed by atoms with Gasteiger partial charge in [0.05, 0.1) is 11.0 Å². The van der Waals surface area contributed by atoms with E-state index in [9.17, 15) is 4.39 Å². The van der Waals surface area contributed by atoms with Crippen LogP contribution in [0.3, 0.4) is 0 Å². The number of halogens is 1. The van der Waals surface area contributed by atoms with Crippen molar-refractivity contribution in [2.24, 2.45) is 5.92 Å². The number of aromatic amines is 1. The molecule has 0 amide bonds. The zero-order valence-corrected chi connectivity index (χ0v) is 12.8. The number of nitrogens with zero attached hydrogens (tertiary/aromatic N) is 1. The molecule has 0 spiro atoms. The maximum atomic E-state index is 13.6. The molecule has 1 aromatic heterocycles. The van der Waals surface area contributed by atoms with Crippen LogP contribution in [0, 0.1) is 23.4 Å². The average molecular weight is 280 g/mol. The van der Waals surface area contributed by atoms with Gasteiger partial charge in [0, 0.05) is 6.04 Å². The Kier molecular flexibility index (Phi) is 4.09. The minimum absolute atomic E-state index is 0.189. The van der Waals surface area contributed by atoms with Crippen molar-refractivity contribution in [3.63, 3.8) is 0 Å². The highest BCUT2D eigenvalue weighted by Gasteiger charge is 2.15. The van der Waals surface area contributed by atoms with Crippen molar-refractivity contribution in [1.82, 2.24) is 9.55 Å². The first-order valence-corrected chi connectivity index (χ1v) is 7.25. The van der Waals surface area contributed by atoms with Gasteiger partial charge >= 0.3 is 0 Å². The number of fused-ring (bicyclic) bond motifs is 1. The molecule has 0 radical (unpaired) electrons. The van der Waals surface area contributed by atoms with Crippen molar-refractivity contribution in [3.05, 3.63) is 28.3 Å². The minimum atomic E-state index is -0.189. The minimum Gasteiger partial charge on any atom is -0.330 e. The summed E-state index contributed by atoms with van der Waals surface area (Å²) in [5.74, 6) is 0.467. The summed E-state index contributed by atoms with van der Waals surface area (Å²) in [4.78, 5) is 3.11. The number of imidazole rings is 1. The van der Waals surface area contributed by atoms with Gasteiger partial charge in [-0.25, -0.2) is 4.39 Å². The van der Waals surface area contributed by atoms with E-state index in [1.807, 2.05) is 6.07 Å². The van der Waals surface area contributed by atoms with Gasteiger partial charge in [-0.15, -0.1) is 0 Å². The number of benzene rings is 1. The van der Waals surface area contributed by atoms with Crippen molar-refractivity contribution >= 4 is 23.3 Å². The lowest BCUT2D eigenvalue weighted by atomic mass is 10.00. The second-order valence-electron chi connectivity index (χ2n) is 5.52. The molecular formula is C15H21FN2S. The number of H-pyrrole nitrogens is 1. The van der Waals surface area contributed by atoms with E-state index < -0.39 is 0 Å². The average Bonchev–Trinajstić information content (AvgIpc) is 2.65. The Morgan fingerprint density at radius 3 is 2.68 bits per heavy atom. The SMILES string of the molecule is CCC(C)CC(C)n1c(=S)[nH]c2cc(F)c(C)cc21. The van der Waals surface area contributed by atoms with Gasteiger partial charge in [0.25, 0.3) is 0 Å². The zero-order valence-electron chi connectivity index (χ0n) is 12.0. The topological polar surface area (TPSA) is 20.7 Å². The fourth-order valence-corrected chi connectivity index (χ4v) is 2.93. The molecule has 0 aliphatic rings. The molecule has 1 heterocycles. The first-order valence-electron chi connectivity index (χ1n) is 6.84. The van der Waals surface area contributed by atoms with Crippen LogP contribution in [0.25, 0.3) is 11.0 Å². The van der Waals surface area contributed by atoms with E-state index in [1.54, 1.807) is 6.92 Å². The summed E-state index contributed by atoms with van der Waals surface area (Å²) in [6.07, 6.45) is 2.24. The van der Waals surface area contributed by atoms with E-state index in [2.05, 4.69) is 30.3 Å². The fourth-order valence-electron chi connectivity index (χ4n) is 2.54. The molecule has 0 bridgehead atoms. The number of nitrogens with one attached hydrogen (secondary N) is 1. The molecule has 2 nitrogen and oxygen atoms in total. The third-order valence-corrected chi connectivity index (χ3v) is 4.18. The van der Waals surface area contributed by atoms with E-state index >= 15 is 0 Å². The van der Waals surface area contributed by atoms with Crippen LogP contribution in [-0.2, 0) is 0 Å². The summed E-state index contributed by atoms with van der Waals surface area (Å²) in [7, 11) is 0. The highest BCUT2D eigenvalue weighted by molar-refractivity contribution is 7.71. The van der Waals surface area contributed by atoms with Crippen LogP contribution in [0.1, 0.15) is 45.2 Å². The van der Waals surface area contributed by atoms with Crippen molar-refractivity contribution in [3.8, 4) is 0 Å². The third kappa shape index (κ3) is 2.73. The van der Waals surface area contributed by atoms with Crippen LogP contribution in [0.15, 0.2) is 12.1 Å². The summed E-state index contributed by atoms with van der Waals surface area (Å²) in [6.45, 7) is 8.41. The number of rotatable bonds is 4. The van der Waals surface area contributed by atoms with E-state index in [0.29, 0.717) is 22.3 Å². The molecule has 2 unspecified atom stereocenters. The summed E-state index contributed by atoms with van der Waals surface area (Å²) >= 11 is 5.39. The Morgan fingerprint density at radius 2 is 2.05 bits per heavy atom. The highest BCUT2D eigenvalue weighted by Crippen LogP contribution is 2.26. The molecular weight excluding hydrogens is 259 g/mol. The van der Waals surface area contributed by atoms with Gasteiger partial charge in [-0.2, -0.15) is 0 Å². The van der Waals surface area contributed by atoms with Gasteiger partial charge in [-0.1, -0.05) is 20.3 Å². The monoisotopic (exact) mass is 280 g/mol. The molecule has 2 rings (SSSR count). The van der Waals surface area contributed by atoms with E-state index in [-0.39, 0.29) is 5.82 Å². The Bertz CT molecular complexity index is 641. The molecule has 0 fully saturated rings. The molecule has 2 aromatic rings. The Hall–Kier alpha value is -1.16. The third-order valence-electron chi connectivity index (χ3n) is 3.88. The standard InChI is InChI=1S/C15H21FN2S/c1-5-9(2)6-11(4)18-14-7-10(3)12(16)8-13(14)17-15(18)19/h7-9,11H,5-6H2,1-4H3,(H,17,19). The lowest BCUT2D eigenvalue weighted by Crippen LogP contribution is -2.09. The predicted octanol–water partition coefficient (Wildman–Crippen LogP) is 5.14. The van der Waals surface area contributed by atoms with Gasteiger partial charge in [0.15, 0.2) is 4.77 Å². The molecule has 1 N–H and O–H groups in total. The summed E-state index contributed by atoms with van der Waals surface area (Å²) in [6, 6.07) is 3.73. The molecule has 0 saturated heterocycles. The van der Waals surface area contributed by atoms with Crippen molar-refractivity contribution in [2.75, 3.05) is 0 Å². The molecule has 0 aliphatic heterocycles. The maximum Gasteiger partial charge on any atom is 0.178 e. The van der Waals surface area contributed by atoms with Crippen LogP contribution in [0.5, 0.6) is 0 Å². The van der Waals surface area contributed by atoms with Crippen LogP contribution >= 0.6 is 12.2 Å². The number of hydrogen-bond donors (Lipinski definition) is 1. The number of aromatic nitrogens is 2. The van der Waals surface area contributed by atoms with E-state index in [4.69, 9.17) is 12.2 Å². The molecule has 0 saturated carbocycles. The van der Waals surface area contributed by atoms with Crippen LogP contribution in [0.2, 0.25) is 0 Å². The van der Waals surface area contributed by atoms with Gasteiger partial charge in [-0.3, -0.25) is 0 Å². The smallest absolute Gasteiger partial charge is 0.178 e. The van der Waals surface area contributed by atoms with Crippen LogP contribution in [-0.4, -0.2) is 9.55 Å². The summed E-state index contributed by atoms with van der Waals surface area (Å²) in [5.41, 5.74) is 2.44. The maximum absolute atomic E-state index is 13.6. The normalized spacial score (nSPS) is 14.8. The van der Waals surface area contributed by atoms with Crippen molar-refractivity contribution in [2.45, 2.75) is 46.6 Å². The van der Waals surface area contributed by atoms with Crippen LogP contribution < -0.4 is 0 Å². The second-order valence-corrected chi connectivity index (χ2v) is 5.90. The van der Waals surface area contributed by atoms with Crippen LogP contribution in [0.4, 0.5) is 4.39 Å². The Balaban J connectivity index is 2.51. The molecule has 19 heavy (non-hydrogen) atoms. The molecule has 4 heteroatoms.